The Kier molecular flexibility index (Phi) is 6.89. The van der Waals surface area contributed by atoms with Gasteiger partial charge in [0, 0.05) is 0 Å². The van der Waals surface area contributed by atoms with Gasteiger partial charge in [-0.05, 0) is 0 Å². The van der Waals surface area contributed by atoms with Gasteiger partial charge in [-0.25, -0.2) is 0 Å². The molecule has 10 N–H and O–H groups in total. The summed E-state index contributed by atoms with van der Waals surface area (Å²) in [6.07, 6.45) is 0. The SMILES string of the molecule is Nc1nc(N)nc(COCC(CO)(CO)COCc2nc(N)nc(N)n2)n1. The summed E-state index contributed by atoms with van der Waals surface area (Å²) in [5, 5.41) is 19.3. The second kappa shape index (κ2) is 9.13. The lowest BCUT2D eigenvalue weighted by Crippen LogP contribution is -2.39. The van der Waals surface area contributed by atoms with Crippen LogP contribution in [0.2, 0.25) is 0 Å². The van der Waals surface area contributed by atoms with Crippen LogP contribution in [0.4, 0.5) is 23.8 Å². The van der Waals surface area contributed by atoms with Crippen LogP contribution >= 0.6 is 0 Å². The summed E-state index contributed by atoms with van der Waals surface area (Å²) < 4.78 is 10.9. The zero-order valence-corrected chi connectivity index (χ0v) is 14.4. The fourth-order valence-electron chi connectivity index (χ4n) is 2.03. The van der Waals surface area contributed by atoms with E-state index in [2.05, 4.69) is 29.9 Å². The molecule has 2 heterocycles. The predicted molar refractivity (Wildman–Crippen MR) is 93.2 cm³/mol. The van der Waals surface area contributed by atoms with E-state index in [-0.39, 0.29) is 61.9 Å². The molecule has 0 amide bonds. The summed E-state index contributed by atoms with van der Waals surface area (Å²) in [6, 6.07) is 0. The van der Waals surface area contributed by atoms with Crippen molar-refractivity contribution in [1.82, 2.24) is 29.9 Å². The predicted octanol–water partition coefficient (Wildman–Crippen LogP) is -2.91. The highest BCUT2D eigenvalue weighted by Gasteiger charge is 2.30. The maximum atomic E-state index is 9.66. The number of hydrogen-bond acceptors (Lipinski definition) is 14. The van der Waals surface area contributed by atoms with Crippen molar-refractivity contribution in [3.63, 3.8) is 0 Å². The van der Waals surface area contributed by atoms with Gasteiger partial charge in [-0.1, -0.05) is 0 Å². The van der Waals surface area contributed by atoms with Gasteiger partial charge in [0.15, 0.2) is 11.6 Å². The molecule has 2 rings (SSSR count). The van der Waals surface area contributed by atoms with Crippen LogP contribution < -0.4 is 22.9 Å². The summed E-state index contributed by atoms with van der Waals surface area (Å²) in [5.41, 5.74) is 20.8. The van der Waals surface area contributed by atoms with Crippen LogP contribution in [0.15, 0.2) is 0 Å². The lowest BCUT2D eigenvalue weighted by molar-refractivity contribution is -0.0854. The third-order valence-electron chi connectivity index (χ3n) is 3.38. The van der Waals surface area contributed by atoms with E-state index in [0.29, 0.717) is 0 Å². The first-order chi connectivity index (χ1) is 12.9. The molecule has 0 aliphatic rings. The summed E-state index contributed by atoms with van der Waals surface area (Å²) in [5.74, 6) is 0.322. The van der Waals surface area contributed by atoms with Crippen molar-refractivity contribution in [3.05, 3.63) is 11.6 Å². The summed E-state index contributed by atoms with van der Waals surface area (Å²) in [6.45, 7) is -0.975. The third-order valence-corrected chi connectivity index (χ3v) is 3.38. The molecule has 148 valence electrons. The first-order valence-corrected chi connectivity index (χ1v) is 7.75. The average Bonchev–Trinajstić information content (AvgIpc) is 2.59. The van der Waals surface area contributed by atoms with E-state index in [4.69, 9.17) is 32.4 Å². The van der Waals surface area contributed by atoms with Gasteiger partial charge in [0.2, 0.25) is 23.8 Å². The zero-order chi connectivity index (χ0) is 19.9. The molecule has 0 bridgehead atoms. The van der Waals surface area contributed by atoms with Gasteiger partial charge in [0.25, 0.3) is 0 Å². The quantitative estimate of drug-likeness (QED) is 0.241. The van der Waals surface area contributed by atoms with Gasteiger partial charge < -0.3 is 42.6 Å². The van der Waals surface area contributed by atoms with Gasteiger partial charge in [0.05, 0.1) is 31.8 Å². The normalized spacial score (nSPS) is 11.6. The minimum Gasteiger partial charge on any atom is -0.396 e. The van der Waals surface area contributed by atoms with E-state index < -0.39 is 18.6 Å². The van der Waals surface area contributed by atoms with Gasteiger partial charge in [-0.3, -0.25) is 0 Å². The molecule has 2 aromatic heterocycles. The molecule has 2 aromatic rings. The molecule has 0 unspecified atom stereocenters. The number of nitrogens with two attached hydrogens (primary N) is 4. The fourth-order valence-corrected chi connectivity index (χ4v) is 2.03. The van der Waals surface area contributed by atoms with Crippen molar-refractivity contribution in [2.75, 3.05) is 49.4 Å². The average molecular weight is 382 g/mol. The molecule has 0 aliphatic carbocycles. The number of aliphatic hydroxyl groups is 2. The first-order valence-electron chi connectivity index (χ1n) is 7.75. The van der Waals surface area contributed by atoms with E-state index in [1.54, 1.807) is 0 Å². The number of anilines is 4. The Hall–Kier alpha value is -2.94. The number of nitrogen functional groups attached to an aromatic ring is 4. The minimum absolute atomic E-state index is 0.0316. The Balaban J connectivity index is 1.89. The van der Waals surface area contributed by atoms with Gasteiger partial charge >= 0.3 is 0 Å². The fraction of sp³-hybridized carbons (Fsp3) is 0.538. The molecule has 0 atom stereocenters. The van der Waals surface area contributed by atoms with E-state index in [1.807, 2.05) is 0 Å². The van der Waals surface area contributed by atoms with E-state index in [1.165, 1.54) is 0 Å². The largest absolute Gasteiger partial charge is 0.396 e. The van der Waals surface area contributed by atoms with Crippen molar-refractivity contribution in [3.8, 4) is 0 Å². The van der Waals surface area contributed by atoms with Gasteiger partial charge in [0.1, 0.15) is 13.2 Å². The van der Waals surface area contributed by atoms with E-state index in [0.717, 1.165) is 0 Å². The standard InChI is InChI=1S/C13H22N10O4/c14-9-18-7(19-10(15)22-9)1-26-5-13(3-24,4-25)6-27-2-8-20-11(16)23-12(17)21-8/h24-25H,1-6H2,(H4,14,15,18,19,22)(H4,16,17,20,21,23). The van der Waals surface area contributed by atoms with Crippen molar-refractivity contribution in [1.29, 1.82) is 0 Å². The highest BCUT2D eigenvalue weighted by molar-refractivity contribution is 5.26. The van der Waals surface area contributed by atoms with Crippen molar-refractivity contribution in [2.45, 2.75) is 13.2 Å². The van der Waals surface area contributed by atoms with Crippen molar-refractivity contribution in [2.24, 2.45) is 5.41 Å². The van der Waals surface area contributed by atoms with Crippen LogP contribution in [0.5, 0.6) is 0 Å². The topological polar surface area (TPSA) is 240 Å². The number of nitrogens with zero attached hydrogens (tertiary/aromatic N) is 6. The highest BCUT2D eigenvalue weighted by Crippen LogP contribution is 2.18. The molecule has 0 aromatic carbocycles. The lowest BCUT2D eigenvalue weighted by atomic mass is 9.92. The molecule has 0 aliphatic heterocycles. The van der Waals surface area contributed by atoms with Crippen molar-refractivity contribution < 1.29 is 19.7 Å². The summed E-state index contributed by atoms with van der Waals surface area (Å²) in [4.78, 5) is 22.8. The summed E-state index contributed by atoms with van der Waals surface area (Å²) in [7, 11) is 0. The van der Waals surface area contributed by atoms with Crippen LogP contribution in [0, 0.1) is 5.41 Å². The molecule has 0 saturated carbocycles. The Morgan fingerprint density at radius 2 is 0.963 bits per heavy atom. The van der Waals surface area contributed by atoms with Crippen LogP contribution in [0.3, 0.4) is 0 Å². The molecule has 14 heteroatoms. The molecule has 0 spiro atoms. The number of aliphatic hydroxyl groups excluding tert-OH is 2. The molecule has 0 saturated heterocycles. The third kappa shape index (κ3) is 6.07. The highest BCUT2D eigenvalue weighted by atomic mass is 16.5. The zero-order valence-electron chi connectivity index (χ0n) is 14.4. The van der Waals surface area contributed by atoms with E-state index >= 15 is 0 Å². The lowest BCUT2D eigenvalue weighted by Gasteiger charge is -2.28. The molecule has 0 radical (unpaired) electrons. The van der Waals surface area contributed by atoms with Crippen molar-refractivity contribution >= 4 is 23.8 Å². The Morgan fingerprint density at radius 1 is 0.630 bits per heavy atom. The van der Waals surface area contributed by atoms with E-state index in [9.17, 15) is 10.2 Å². The molecule has 27 heavy (non-hydrogen) atoms. The molecule has 14 nitrogen and oxygen atoms in total. The van der Waals surface area contributed by atoms with Crippen LogP contribution in [-0.2, 0) is 22.7 Å². The maximum absolute atomic E-state index is 9.66. The van der Waals surface area contributed by atoms with Gasteiger partial charge in [-0.2, -0.15) is 29.9 Å². The molecular formula is C13H22N10O4. The number of hydrogen-bond donors (Lipinski definition) is 6. The molecule has 0 fully saturated rings. The summed E-state index contributed by atoms with van der Waals surface area (Å²) >= 11 is 0. The number of rotatable bonds is 10. The number of ether oxygens (including phenoxy) is 2. The Labute approximate surface area is 154 Å². The number of aromatic nitrogens is 6. The van der Waals surface area contributed by atoms with Crippen LogP contribution in [0.25, 0.3) is 0 Å². The Morgan fingerprint density at radius 3 is 1.26 bits per heavy atom. The minimum atomic E-state index is -1.08. The maximum Gasteiger partial charge on any atom is 0.225 e. The van der Waals surface area contributed by atoms with Crippen LogP contribution in [0.1, 0.15) is 11.6 Å². The second-order valence-corrected chi connectivity index (χ2v) is 5.74. The smallest absolute Gasteiger partial charge is 0.225 e. The Bertz CT molecular complexity index is 658. The molecular weight excluding hydrogens is 360 g/mol. The second-order valence-electron chi connectivity index (χ2n) is 5.74. The monoisotopic (exact) mass is 382 g/mol. The first kappa shape index (κ1) is 20.4. The van der Waals surface area contributed by atoms with Crippen LogP contribution in [-0.4, -0.2) is 66.5 Å². The van der Waals surface area contributed by atoms with Gasteiger partial charge in [-0.15, -0.1) is 0 Å².